The Morgan fingerprint density at radius 1 is 1.33 bits per heavy atom. The van der Waals surface area contributed by atoms with Crippen LogP contribution in [0.5, 0.6) is 5.75 Å². The van der Waals surface area contributed by atoms with E-state index in [4.69, 9.17) is 14.6 Å². The van der Waals surface area contributed by atoms with Gasteiger partial charge in [-0.25, -0.2) is 4.79 Å². The van der Waals surface area contributed by atoms with Crippen molar-refractivity contribution < 1.29 is 37.3 Å². The van der Waals surface area contributed by atoms with Crippen LogP contribution in [0.3, 0.4) is 0 Å². The number of carboxylic acid groups (broad SMARTS) is 1. The lowest BCUT2D eigenvalue weighted by molar-refractivity contribution is -0.173. The second-order valence-electron chi connectivity index (χ2n) is 4.75. The number of nitrogens with one attached hydrogen (secondary N) is 1. The minimum absolute atomic E-state index is 0.0862. The van der Waals surface area contributed by atoms with Crippen molar-refractivity contribution in [2.24, 2.45) is 0 Å². The molecule has 1 amide bonds. The molecule has 1 aromatic rings. The Morgan fingerprint density at radius 3 is 2.54 bits per heavy atom. The Hall–Kier alpha value is -2.55. The van der Waals surface area contributed by atoms with Crippen LogP contribution in [0.1, 0.15) is 11.1 Å². The molecule has 9 heteroatoms. The second kappa shape index (κ2) is 8.34. The van der Waals surface area contributed by atoms with E-state index in [2.05, 4.69) is 0 Å². The zero-order chi connectivity index (χ0) is 18.3. The van der Waals surface area contributed by atoms with Gasteiger partial charge in [0.1, 0.15) is 5.75 Å². The van der Waals surface area contributed by atoms with E-state index in [1.165, 1.54) is 12.4 Å². The highest BCUT2D eigenvalue weighted by Gasteiger charge is 2.38. The summed E-state index contributed by atoms with van der Waals surface area (Å²) in [5.41, 5.74) is 0.696. The summed E-state index contributed by atoms with van der Waals surface area (Å²) < 4.78 is 46.5. The van der Waals surface area contributed by atoms with Crippen molar-refractivity contribution in [3.05, 3.63) is 34.9 Å². The summed E-state index contributed by atoms with van der Waals surface area (Å²) >= 11 is 0. The third-order valence-corrected chi connectivity index (χ3v) is 2.80. The molecule has 0 aliphatic rings. The van der Waals surface area contributed by atoms with Gasteiger partial charge in [0.15, 0.2) is 6.79 Å². The van der Waals surface area contributed by atoms with Gasteiger partial charge in [-0.1, -0.05) is 11.6 Å². The maximum atomic E-state index is 12.2. The number of carbonyl (C=O) groups is 2. The Balaban J connectivity index is 3.05. The van der Waals surface area contributed by atoms with Gasteiger partial charge in [0, 0.05) is 12.7 Å². The van der Waals surface area contributed by atoms with Crippen LogP contribution in [-0.4, -0.2) is 43.6 Å². The summed E-state index contributed by atoms with van der Waals surface area (Å²) in [6.45, 7) is 0.881. The SMILES string of the molecule is COCOc1ccc(C)cc1/C=C(\CNC(=O)C(F)(F)F)C(=O)O. The fourth-order valence-corrected chi connectivity index (χ4v) is 1.69. The third-order valence-electron chi connectivity index (χ3n) is 2.80. The van der Waals surface area contributed by atoms with Gasteiger partial charge in [0.25, 0.3) is 0 Å². The minimum Gasteiger partial charge on any atom is -0.478 e. The topological polar surface area (TPSA) is 84.9 Å². The van der Waals surface area contributed by atoms with E-state index < -0.39 is 30.2 Å². The number of benzene rings is 1. The van der Waals surface area contributed by atoms with Crippen LogP contribution in [0.4, 0.5) is 13.2 Å². The van der Waals surface area contributed by atoms with Crippen molar-refractivity contribution in [1.82, 2.24) is 5.32 Å². The van der Waals surface area contributed by atoms with E-state index in [-0.39, 0.29) is 6.79 Å². The van der Waals surface area contributed by atoms with Crippen LogP contribution >= 0.6 is 0 Å². The molecule has 24 heavy (non-hydrogen) atoms. The Morgan fingerprint density at radius 2 is 2.00 bits per heavy atom. The first-order chi connectivity index (χ1) is 11.1. The first-order valence-electron chi connectivity index (χ1n) is 6.66. The molecule has 0 atom stereocenters. The second-order valence-corrected chi connectivity index (χ2v) is 4.75. The maximum Gasteiger partial charge on any atom is 0.471 e. The van der Waals surface area contributed by atoms with Gasteiger partial charge in [-0.3, -0.25) is 4.79 Å². The van der Waals surface area contributed by atoms with Crippen molar-refractivity contribution in [3.63, 3.8) is 0 Å². The number of hydrogen-bond acceptors (Lipinski definition) is 4. The molecular weight excluding hydrogens is 331 g/mol. The number of aryl methyl sites for hydroxylation is 1. The smallest absolute Gasteiger partial charge is 0.471 e. The molecule has 0 saturated heterocycles. The third kappa shape index (κ3) is 5.92. The van der Waals surface area contributed by atoms with Crippen molar-refractivity contribution in [2.45, 2.75) is 13.1 Å². The van der Waals surface area contributed by atoms with Crippen LogP contribution in [0.2, 0.25) is 0 Å². The molecular formula is C15H16F3NO5. The molecule has 0 aliphatic heterocycles. The number of amides is 1. The predicted molar refractivity (Wildman–Crippen MR) is 78.4 cm³/mol. The number of carbonyl (C=O) groups excluding carboxylic acids is 1. The summed E-state index contributed by atoms with van der Waals surface area (Å²) in [4.78, 5) is 22.0. The average molecular weight is 347 g/mol. The van der Waals surface area contributed by atoms with Crippen LogP contribution < -0.4 is 10.1 Å². The highest BCUT2D eigenvalue weighted by Crippen LogP contribution is 2.23. The minimum atomic E-state index is -5.08. The number of halogens is 3. The lowest BCUT2D eigenvalue weighted by atomic mass is 10.1. The average Bonchev–Trinajstić information content (AvgIpc) is 2.48. The summed E-state index contributed by atoms with van der Waals surface area (Å²) in [6.07, 6.45) is -3.95. The summed E-state index contributed by atoms with van der Waals surface area (Å²) in [7, 11) is 1.40. The van der Waals surface area contributed by atoms with Crippen LogP contribution in [-0.2, 0) is 14.3 Å². The van der Waals surface area contributed by atoms with E-state index >= 15 is 0 Å². The molecule has 2 N–H and O–H groups in total. The zero-order valence-corrected chi connectivity index (χ0v) is 12.9. The van der Waals surface area contributed by atoms with Crippen molar-refractivity contribution in [3.8, 4) is 5.75 Å². The van der Waals surface area contributed by atoms with E-state index in [0.717, 1.165) is 11.6 Å². The lowest BCUT2D eigenvalue weighted by Crippen LogP contribution is -2.38. The maximum absolute atomic E-state index is 12.2. The van der Waals surface area contributed by atoms with Crippen molar-refractivity contribution in [2.75, 3.05) is 20.4 Å². The fraction of sp³-hybridized carbons (Fsp3) is 0.333. The summed E-state index contributed by atoms with van der Waals surface area (Å²) in [6, 6.07) is 4.89. The molecule has 0 saturated carbocycles. The van der Waals surface area contributed by atoms with Gasteiger partial charge < -0.3 is 19.9 Å². The number of methoxy groups -OCH3 is 1. The van der Waals surface area contributed by atoms with Gasteiger partial charge in [-0.15, -0.1) is 0 Å². The van der Waals surface area contributed by atoms with Crippen LogP contribution in [0.15, 0.2) is 23.8 Å². The number of alkyl halides is 3. The van der Waals surface area contributed by atoms with Gasteiger partial charge in [0.2, 0.25) is 0 Å². The number of carboxylic acids is 1. The van der Waals surface area contributed by atoms with Crippen LogP contribution in [0.25, 0.3) is 6.08 Å². The zero-order valence-electron chi connectivity index (χ0n) is 12.9. The van der Waals surface area contributed by atoms with Gasteiger partial charge in [0.05, 0.1) is 12.1 Å². The van der Waals surface area contributed by atoms with Gasteiger partial charge in [-0.05, 0) is 25.1 Å². The Labute approximate surface area is 135 Å². The Kier molecular flexibility index (Phi) is 6.78. The monoisotopic (exact) mass is 347 g/mol. The Bertz CT molecular complexity index is 640. The van der Waals surface area contributed by atoms with Crippen molar-refractivity contribution in [1.29, 1.82) is 0 Å². The molecule has 6 nitrogen and oxygen atoms in total. The first kappa shape index (κ1) is 19.5. The molecule has 0 radical (unpaired) electrons. The molecule has 1 rings (SSSR count). The van der Waals surface area contributed by atoms with Crippen LogP contribution in [0, 0.1) is 6.92 Å². The summed E-state index contributed by atoms with van der Waals surface area (Å²) in [5.74, 6) is -3.38. The lowest BCUT2D eigenvalue weighted by Gasteiger charge is -2.11. The quantitative estimate of drug-likeness (QED) is 0.583. The molecule has 132 valence electrons. The van der Waals surface area contributed by atoms with E-state index in [1.807, 2.05) is 0 Å². The number of ether oxygens (including phenoxy) is 2. The standard InChI is InChI=1S/C15H16F3NO5/c1-9-3-4-12(24-8-23-2)10(5-9)6-11(13(20)21)7-19-14(22)15(16,17)18/h3-6H,7-8H2,1-2H3,(H,19,22)(H,20,21)/b11-6+. The highest BCUT2D eigenvalue weighted by atomic mass is 19.4. The molecule has 0 heterocycles. The number of rotatable bonds is 7. The molecule has 0 spiro atoms. The number of hydrogen-bond donors (Lipinski definition) is 2. The van der Waals surface area contributed by atoms with E-state index in [1.54, 1.807) is 25.1 Å². The number of aliphatic carboxylic acids is 1. The molecule has 0 aliphatic carbocycles. The normalized spacial score (nSPS) is 12.0. The fourth-order valence-electron chi connectivity index (χ4n) is 1.69. The molecule has 0 unspecified atom stereocenters. The molecule has 0 bridgehead atoms. The summed E-state index contributed by atoms with van der Waals surface area (Å²) in [5, 5.41) is 10.6. The van der Waals surface area contributed by atoms with E-state index in [0.29, 0.717) is 11.3 Å². The largest absolute Gasteiger partial charge is 0.478 e. The van der Waals surface area contributed by atoms with Gasteiger partial charge in [-0.2, -0.15) is 13.2 Å². The van der Waals surface area contributed by atoms with E-state index in [9.17, 15) is 22.8 Å². The highest BCUT2D eigenvalue weighted by molar-refractivity contribution is 5.94. The van der Waals surface area contributed by atoms with Crippen molar-refractivity contribution >= 4 is 18.0 Å². The first-order valence-corrected chi connectivity index (χ1v) is 6.66. The molecule has 1 aromatic carbocycles. The molecule has 0 aromatic heterocycles. The van der Waals surface area contributed by atoms with Gasteiger partial charge >= 0.3 is 18.1 Å². The molecule has 0 fully saturated rings. The predicted octanol–water partition coefficient (Wildman–Crippen LogP) is 2.12.